The lowest BCUT2D eigenvalue weighted by atomic mass is 10.0. The summed E-state index contributed by atoms with van der Waals surface area (Å²) in [5.74, 6) is 1.47. The second kappa shape index (κ2) is 8.64. The van der Waals surface area contributed by atoms with Gasteiger partial charge in [0.1, 0.15) is 0 Å². The third-order valence-electron chi connectivity index (χ3n) is 3.57. The number of carbonyl (C=O) groups is 1. The number of aryl methyl sites for hydroxylation is 1. The van der Waals surface area contributed by atoms with Gasteiger partial charge in [0.25, 0.3) is 0 Å². The predicted molar refractivity (Wildman–Crippen MR) is 95.0 cm³/mol. The average molecular weight is 313 g/mol. The summed E-state index contributed by atoms with van der Waals surface area (Å²) in [6, 6.07) is 18.7. The molecule has 2 aromatic carbocycles. The van der Waals surface area contributed by atoms with Gasteiger partial charge in [0.15, 0.2) is 0 Å². The fraction of sp³-hybridized carbons (Fsp3) is 0.316. The first kappa shape index (κ1) is 16.6. The summed E-state index contributed by atoms with van der Waals surface area (Å²) in [5, 5.41) is 3.13. The molecule has 2 nitrogen and oxygen atoms in total. The smallest absolute Gasteiger partial charge is 0.230 e. The highest BCUT2D eigenvalue weighted by atomic mass is 32.2. The van der Waals surface area contributed by atoms with Gasteiger partial charge < -0.3 is 5.32 Å². The van der Waals surface area contributed by atoms with E-state index < -0.39 is 0 Å². The Kier molecular flexibility index (Phi) is 6.53. The van der Waals surface area contributed by atoms with Gasteiger partial charge in [-0.15, -0.1) is 11.8 Å². The van der Waals surface area contributed by atoms with Crippen LogP contribution in [0.15, 0.2) is 54.6 Å². The van der Waals surface area contributed by atoms with E-state index in [1.165, 1.54) is 16.7 Å². The van der Waals surface area contributed by atoms with Crippen LogP contribution in [0.2, 0.25) is 0 Å². The highest BCUT2D eigenvalue weighted by Gasteiger charge is 2.12. The molecular formula is C19H23NOS. The lowest BCUT2D eigenvalue weighted by molar-refractivity contribution is -0.119. The van der Waals surface area contributed by atoms with E-state index in [1.807, 2.05) is 18.2 Å². The highest BCUT2D eigenvalue weighted by molar-refractivity contribution is 7.99. The van der Waals surface area contributed by atoms with Crippen molar-refractivity contribution >= 4 is 17.7 Å². The second-order valence-electron chi connectivity index (χ2n) is 5.42. The van der Waals surface area contributed by atoms with Gasteiger partial charge in [-0.3, -0.25) is 4.79 Å². The maximum Gasteiger partial charge on any atom is 0.230 e. The predicted octanol–water partition coefficient (Wildman–Crippen LogP) is 4.50. The molecule has 1 amide bonds. The highest BCUT2D eigenvalue weighted by Crippen LogP contribution is 2.18. The maximum atomic E-state index is 12.1. The second-order valence-corrected chi connectivity index (χ2v) is 6.40. The number of hydrogen-bond acceptors (Lipinski definition) is 2. The van der Waals surface area contributed by atoms with Crippen LogP contribution in [0.25, 0.3) is 0 Å². The van der Waals surface area contributed by atoms with Gasteiger partial charge >= 0.3 is 0 Å². The topological polar surface area (TPSA) is 29.1 Å². The first-order chi connectivity index (χ1) is 10.7. The molecule has 0 fully saturated rings. The molecule has 1 N–H and O–H groups in total. The van der Waals surface area contributed by atoms with Crippen molar-refractivity contribution in [2.24, 2.45) is 0 Å². The molecule has 0 bridgehead atoms. The largest absolute Gasteiger partial charge is 0.349 e. The number of thioether (sulfide) groups is 1. The zero-order valence-corrected chi connectivity index (χ0v) is 14.0. The van der Waals surface area contributed by atoms with Crippen molar-refractivity contribution in [2.75, 3.05) is 5.75 Å². The van der Waals surface area contributed by atoms with Crippen LogP contribution in [0.3, 0.4) is 0 Å². The van der Waals surface area contributed by atoms with E-state index in [9.17, 15) is 4.79 Å². The first-order valence-corrected chi connectivity index (χ1v) is 8.82. The number of nitrogens with one attached hydrogen (secondary N) is 1. The van der Waals surface area contributed by atoms with Crippen LogP contribution in [0.4, 0.5) is 0 Å². The van der Waals surface area contributed by atoms with E-state index in [1.54, 1.807) is 11.8 Å². The lowest BCUT2D eigenvalue weighted by Gasteiger charge is -2.17. The summed E-state index contributed by atoms with van der Waals surface area (Å²) in [6.07, 6.45) is 0.901. The van der Waals surface area contributed by atoms with Crippen LogP contribution in [0.1, 0.15) is 36.1 Å². The number of rotatable bonds is 7. The van der Waals surface area contributed by atoms with Gasteiger partial charge in [-0.1, -0.05) is 67.1 Å². The molecule has 0 unspecified atom stereocenters. The van der Waals surface area contributed by atoms with Gasteiger partial charge in [-0.05, 0) is 24.5 Å². The Balaban J connectivity index is 1.81. The van der Waals surface area contributed by atoms with Crippen LogP contribution in [0, 0.1) is 6.92 Å². The van der Waals surface area contributed by atoms with Crippen LogP contribution in [-0.2, 0) is 10.5 Å². The Morgan fingerprint density at radius 2 is 1.77 bits per heavy atom. The molecule has 3 heteroatoms. The molecule has 0 aliphatic rings. The van der Waals surface area contributed by atoms with Crippen molar-refractivity contribution < 1.29 is 4.79 Å². The SMILES string of the molecule is CC[C@@H](NC(=O)CSCc1ccccc1)c1ccc(C)cc1. The third kappa shape index (κ3) is 5.23. The van der Waals surface area contributed by atoms with E-state index in [-0.39, 0.29) is 11.9 Å². The number of benzene rings is 2. The molecule has 1 atom stereocenters. The fourth-order valence-corrected chi connectivity index (χ4v) is 3.09. The molecule has 0 aromatic heterocycles. The summed E-state index contributed by atoms with van der Waals surface area (Å²) in [4.78, 5) is 12.1. The van der Waals surface area contributed by atoms with Gasteiger partial charge in [0.2, 0.25) is 5.91 Å². The van der Waals surface area contributed by atoms with Gasteiger partial charge in [-0.25, -0.2) is 0 Å². The zero-order valence-electron chi connectivity index (χ0n) is 13.2. The summed E-state index contributed by atoms with van der Waals surface area (Å²) in [7, 11) is 0. The number of amides is 1. The zero-order chi connectivity index (χ0) is 15.8. The Bertz CT molecular complexity index is 580. The van der Waals surface area contributed by atoms with Crippen molar-refractivity contribution in [1.82, 2.24) is 5.32 Å². The Labute approximate surface area is 137 Å². The van der Waals surface area contributed by atoms with Gasteiger partial charge in [-0.2, -0.15) is 0 Å². The average Bonchev–Trinajstić information content (AvgIpc) is 2.54. The van der Waals surface area contributed by atoms with E-state index in [4.69, 9.17) is 0 Å². The molecular weight excluding hydrogens is 290 g/mol. The molecule has 2 aromatic rings. The van der Waals surface area contributed by atoms with Crippen LogP contribution in [-0.4, -0.2) is 11.7 Å². The van der Waals surface area contributed by atoms with E-state index in [2.05, 4.69) is 55.6 Å². The molecule has 22 heavy (non-hydrogen) atoms. The van der Waals surface area contributed by atoms with E-state index in [0.29, 0.717) is 5.75 Å². The number of carbonyl (C=O) groups excluding carboxylic acids is 1. The molecule has 0 spiro atoms. The minimum absolute atomic E-state index is 0.102. The molecule has 0 aliphatic heterocycles. The van der Waals surface area contributed by atoms with E-state index in [0.717, 1.165) is 12.2 Å². The van der Waals surface area contributed by atoms with Crippen LogP contribution < -0.4 is 5.32 Å². The Morgan fingerprint density at radius 1 is 1.09 bits per heavy atom. The lowest BCUT2D eigenvalue weighted by Crippen LogP contribution is -2.29. The van der Waals surface area contributed by atoms with Crippen molar-refractivity contribution in [3.8, 4) is 0 Å². The third-order valence-corrected chi connectivity index (χ3v) is 4.57. The van der Waals surface area contributed by atoms with Crippen LogP contribution in [0.5, 0.6) is 0 Å². The van der Waals surface area contributed by atoms with Crippen molar-refractivity contribution in [3.05, 3.63) is 71.3 Å². The van der Waals surface area contributed by atoms with Crippen LogP contribution >= 0.6 is 11.8 Å². The molecule has 0 aliphatic carbocycles. The summed E-state index contributed by atoms with van der Waals surface area (Å²) >= 11 is 1.65. The fourth-order valence-electron chi connectivity index (χ4n) is 2.29. The normalized spacial score (nSPS) is 11.9. The molecule has 0 heterocycles. The van der Waals surface area contributed by atoms with Gasteiger partial charge in [0, 0.05) is 5.75 Å². The minimum Gasteiger partial charge on any atom is -0.349 e. The Hall–Kier alpha value is -1.74. The van der Waals surface area contributed by atoms with Crippen molar-refractivity contribution in [2.45, 2.75) is 32.1 Å². The molecule has 0 radical (unpaired) electrons. The van der Waals surface area contributed by atoms with Crippen molar-refractivity contribution in [1.29, 1.82) is 0 Å². The molecule has 0 saturated carbocycles. The molecule has 116 valence electrons. The quantitative estimate of drug-likeness (QED) is 0.815. The van der Waals surface area contributed by atoms with Crippen molar-refractivity contribution in [3.63, 3.8) is 0 Å². The first-order valence-electron chi connectivity index (χ1n) is 7.66. The van der Waals surface area contributed by atoms with E-state index >= 15 is 0 Å². The maximum absolute atomic E-state index is 12.1. The monoisotopic (exact) mass is 313 g/mol. The van der Waals surface area contributed by atoms with Gasteiger partial charge in [0.05, 0.1) is 11.8 Å². The standard InChI is InChI=1S/C19H23NOS/c1-3-18(17-11-9-15(2)10-12-17)20-19(21)14-22-13-16-7-5-4-6-8-16/h4-12,18H,3,13-14H2,1-2H3,(H,20,21)/t18-/m1/s1. The number of hydrogen-bond donors (Lipinski definition) is 1. The Morgan fingerprint density at radius 3 is 2.41 bits per heavy atom. The summed E-state index contributed by atoms with van der Waals surface area (Å²) in [6.45, 7) is 4.17. The minimum atomic E-state index is 0.102. The molecule has 0 saturated heterocycles. The molecule has 2 rings (SSSR count). The summed E-state index contributed by atoms with van der Waals surface area (Å²) in [5.41, 5.74) is 3.67. The summed E-state index contributed by atoms with van der Waals surface area (Å²) < 4.78 is 0.